The summed E-state index contributed by atoms with van der Waals surface area (Å²) in [7, 11) is 0. The summed E-state index contributed by atoms with van der Waals surface area (Å²) in [5, 5.41) is 17.0. The van der Waals surface area contributed by atoms with Crippen molar-refractivity contribution >= 4 is 67.1 Å². The Bertz CT molecular complexity index is 968. The molecular weight excluding hydrogens is 493 g/mol. The zero-order valence-corrected chi connectivity index (χ0v) is 19.7. The first-order valence-corrected chi connectivity index (χ1v) is 10.6. The van der Waals surface area contributed by atoms with E-state index in [1.807, 2.05) is 13.8 Å². The highest BCUT2D eigenvalue weighted by Gasteiger charge is 2.24. The van der Waals surface area contributed by atoms with Crippen molar-refractivity contribution < 1.29 is 9.59 Å². The van der Waals surface area contributed by atoms with E-state index in [1.165, 1.54) is 6.07 Å². The second-order valence-electron chi connectivity index (χ2n) is 6.90. The van der Waals surface area contributed by atoms with Gasteiger partial charge in [-0.25, -0.2) is 4.98 Å². The van der Waals surface area contributed by atoms with Gasteiger partial charge < -0.3 is 16.0 Å². The zero-order chi connectivity index (χ0) is 22.4. The molecule has 2 rings (SSSR count). The third kappa shape index (κ3) is 6.68. The lowest BCUT2D eigenvalue weighted by Crippen LogP contribution is -2.37. The minimum Gasteiger partial charge on any atom is -0.357 e. The second-order valence-corrected chi connectivity index (χ2v) is 8.70. The van der Waals surface area contributed by atoms with Gasteiger partial charge in [-0.1, -0.05) is 23.2 Å². The van der Waals surface area contributed by atoms with Crippen molar-refractivity contribution in [3.63, 3.8) is 0 Å². The van der Waals surface area contributed by atoms with Gasteiger partial charge in [-0.15, -0.1) is 0 Å². The van der Waals surface area contributed by atoms with Gasteiger partial charge in [-0.2, -0.15) is 0 Å². The summed E-state index contributed by atoms with van der Waals surface area (Å²) in [6.45, 7) is 5.43. The average molecular weight is 515 g/mol. The highest BCUT2D eigenvalue weighted by Crippen LogP contribution is 2.27. The van der Waals surface area contributed by atoms with Crippen LogP contribution in [0.5, 0.6) is 0 Å². The highest BCUT2D eigenvalue weighted by atomic mass is 79.9. The molecule has 1 aromatic carbocycles. The number of hydrogen-bond donors (Lipinski definition) is 4. The first kappa shape index (κ1) is 24.1. The molecule has 0 aliphatic carbocycles. The lowest BCUT2D eigenvalue weighted by atomic mass is 10.1. The summed E-state index contributed by atoms with van der Waals surface area (Å²) in [6, 6.07) is 5.53. The quantitative estimate of drug-likeness (QED) is 0.371. The zero-order valence-electron chi connectivity index (χ0n) is 16.6. The van der Waals surface area contributed by atoms with Crippen LogP contribution in [0.25, 0.3) is 0 Å². The van der Waals surface area contributed by atoms with Crippen molar-refractivity contribution in [2.45, 2.75) is 39.3 Å². The Morgan fingerprint density at radius 2 is 1.97 bits per heavy atom. The minimum absolute atomic E-state index is 0.0545. The smallest absolute Gasteiger partial charge is 0.253 e. The highest BCUT2D eigenvalue weighted by molar-refractivity contribution is 9.18. The van der Waals surface area contributed by atoms with Gasteiger partial charge in [-0.05, 0) is 66.5 Å². The minimum atomic E-state index is -0.861. The van der Waals surface area contributed by atoms with Gasteiger partial charge in [0.2, 0.25) is 5.91 Å². The Labute approximate surface area is 193 Å². The Morgan fingerprint density at radius 3 is 2.57 bits per heavy atom. The number of hydrogen-bond acceptors (Lipinski definition) is 5. The van der Waals surface area contributed by atoms with Gasteiger partial charge in [0.25, 0.3) is 5.91 Å². The van der Waals surface area contributed by atoms with Gasteiger partial charge in [0.15, 0.2) is 0 Å². The van der Waals surface area contributed by atoms with E-state index in [0.717, 1.165) is 0 Å². The number of anilines is 2. The van der Waals surface area contributed by atoms with E-state index < -0.39 is 11.9 Å². The molecule has 0 radical (unpaired) electrons. The van der Waals surface area contributed by atoms with Crippen LogP contribution in [0.1, 0.15) is 36.2 Å². The maximum absolute atomic E-state index is 13.1. The number of rotatable bonds is 8. The Balaban J connectivity index is 2.35. The van der Waals surface area contributed by atoms with Gasteiger partial charge in [0.1, 0.15) is 11.9 Å². The lowest BCUT2D eigenvalue weighted by molar-refractivity contribution is -0.116. The number of nitrogens with one attached hydrogen (secondary N) is 4. The van der Waals surface area contributed by atoms with Crippen LogP contribution in [0.3, 0.4) is 0 Å². The molecule has 30 heavy (non-hydrogen) atoms. The molecule has 1 atom stereocenters. The molecule has 2 aromatic rings. The second kappa shape index (κ2) is 10.7. The molecule has 0 aliphatic rings. The number of nitrogens with zero attached hydrogens (tertiary/aromatic N) is 1. The fourth-order valence-electron chi connectivity index (χ4n) is 2.68. The molecule has 160 valence electrons. The van der Waals surface area contributed by atoms with Crippen molar-refractivity contribution in [1.82, 2.24) is 10.3 Å². The standard InChI is InChI=1S/C20H22BrCl2N5O2/c1-10(2)26-19(29)13-8-12(22)7-11(3)17(13)28-20(30)15(9-16(21)24)27-18-14(23)5-4-6-25-18/h4-8,10,15,24H,9H2,1-3H3,(H,25,27)(H,26,29)(H,28,30). The summed E-state index contributed by atoms with van der Waals surface area (Å²) >= 11 is 15.3. The molecule has 0 saturated heterocycles. The van der Waals surface area contributed by atoms with Crippen molar-refractivity contribution in [1.29, 1.82) is 5.41 Å². The molecule has 0 spiro atoms. The van der Waals surface area contributed by atoms with Crippen LogP contribution >= 0.6 is 39.1 Å². The average Bonchev–Trinajstić information content (AvgIpc) is 2.63. The maximum Gasteiger partial charge on any atom is 0.253 e. The third-order valence-electron chi connectivity index (χ3n) is 3.98. The molecular formula is C20H22BrCl2N5O2. The van der Waals surface area contributed by atoms with Crippen LogP contribution in [-0.2, 0) is 4.79 Å². The number of aromatic nitrogens is 1. The Morgan fingerprint density at radius 1 is 1.27 bits per heavy atom. The van der Waals surface area contributed by atoms with E-state index in [2.05, 4.69) is 36.9 Å². The predicted molar refractivity (Wildman–Crippen MR) is 125 cm³/mol. The fourth-order valence-corrected chi connectivity index (χ4v) is 3.46. The summed E-state index contributed by atoms with van der Waals surface area (Å²) in [5.41, 5.74) is 1.24. The van der Waals surface area contributed by atoms with E-state index >= 15 is 0 Å². The number of halogens is 3. The first-order valence-electron chi connectivity index (χ1n) is 9.10. The van der Waals surface area contributed by atoms with E-state index in [4.69, 9.17) is 28.6 Å². The van der Waals surface area contributed by atoms with Gasteiger partial charge in [0.05, 0.1) is 20.9 Å². The van der Waals surface area contributed by atoms with E-state index in [1.54, 1.807) is 31.3 Å². The van der Waals surface area contributed by atoms with E-state index in [0.29, 0.717) is 27.1 Å². The molecule has 2 amide bonds. The van der Waals surface area contributed by atoms with Crippen molar-refractivity contribution in [2.24, 2.45) is 0 Å². The predicted octanol–water partition coefficient (Wildman–Crippen LogP) is 5.02. The molecule has 1 heterocycles. The molecule has 1 unspecified atom stereocenters. The summed E-state index contributed by atoms with van der Waals surface area (Å²) in [4.78, 5) is 29.8. The van der Waals surface area contributed by atoms with E-state index in [-0.39, 0.29) is 28.6 Å². The van der Waals surface area contributed by atoms with Crippen molar-refractivity contribution in [2.75, 3.05) is 10.6 Å². The molecule has 0 saturated carbocycles. The van der Waals surface area contributed by atoms with Gasteiger partial charge in [0, 0.05) is 23.7 Å². The molecule has 0 aliphatic heterocycles. The normalized spacial score (nSPS) is 11.7. The van der Waals surface area contributed by atoms with Crippen LogP contribution < -0.4 is 16.0 Å². The Kier molecular flexibility index (Phi) is 8.64. The summed E-state index contributed by atoms with van der Waals surface area (Å²) in [5.74, 6) is -0.486. The van der Waals surface area contributed by atoms with Crippen molar-refractivity contribution in [3.8, 4) is 0 Å². The number of pyridine rings is 1. The monoisotopic (exact) mass is 513 g/mol. The van der Waals surface area contributed by atoms with Crippen LogP contribution in [0.4, 0.5) is 11.5 Å². The molecule has 1 aromatic heterocycles. The summed E-state index contributed by atoms with van der Waals surface area (Å²) in [6.07, 6.45) is 1.60. The van der Waals surface area contributed by atoms with Crippen LogP contribution in [0.2, 0.25) is 10.0 Å². The van der Waals surface area contributed by atoms with Crippen molar-refractivity contribution in [3.05, 3.63) is 51.6 Å². The Hall–Kier alpha value is -2.16. The lowest BCUT2D eigenvalue weighted by Gasteiger charge is -2.21. The van der Waals surface area contributed by atoms with Gasteiger partial charge in [-0.3, -0.25) is 15.0 Å². The number of aryl methyl sites for hydroxylation is 1. The van der Waals surface area contributed by atoms with Crippen LogP contribution in [0.15, 0.2) is 30.5 Å². The molecule has 4 N–H and O–H groups in total. The number of carbonyl (C=O) groups excluding carboxylic acids is 2. The fraction of sp³-hybridized carbons (Fsp3) is 0.300. The van der Waals surface area contributed by atoms with Gasteiger partial charge >= 0.3 is 0 Å². The van der Waals surface area contributed by atoms with Crippen LogP contribution in [-0.4, -0.2) is 33.5 Å². The molecule has 7 nitrogen and oxygen atoms in total. The molecule has 0 fully saturated rings. The topological polar surface area (TPSA) is 107 Å². The maximum atomic E-state index is 13.1. The number of carbonyl (C=O) groups is 2. The number of benzene rings is 1. The third-order valence-corrected chi connectivity index (χ3v) is 4.83. The molecule has 10 heteroatoms. The SMILES string of the molecule is Cc1cc(Cl)cc(C(=O)NC(C)C)c1NC(=O)C(CC(=N)Br)Nc1ncccc1Cl. The number of amides is 2. The summed E-state index contributed by atoms with van der Waals surface area (Å²) < 4.78 is 0.118. The molecule has 0 bridgehead atoms. The van der Waals surface area contributed by atoms with E-state index in [9.17, 15) is 9.59 Å². The van der Waals surface area contributed by atoms with Crippen LogP contribution in [0, 0.1) is 12.3 Å². The largest absolute Gasteiger partial charge is 0.357 e. The first-order chi connectivity index (χ1) is 14.1.